The molecule has 0 heterocycles. The molecule has 0 aliphatic heterocycles. The van der Waals surface area contributed by atoms with Crippen LogP contribution < -0.4 is 0 Å². The summed E-state index contributed by atoms with van der Waals surface area (Å²) >= 11 is 0. The van der Waals surface area contributed by atoms with Gasteiger partial charge in [0.2, 0.25) is 0 Å². The van der Waals surface area contributed by atoms with Gasteiger partial charge >= 0.3 is 5.97 Å². The summed E-state index contributed by atoms with van der Waals surface area (Å²) < 4.78 is 9.57. The van der Waals surface area contributed by atoms with Crippen molar-refractivity contribution in [1.29, 1.82) is 0 Å². The zero-order valence-corrected chi connectivity index (χ0v) is 11.5. The van der Waals surface area contributed by atoms with E-state index in [1.807, 2.05) is 0 Å². The molecule has 0 saturated carbocycles. The fraction of sp³-hybridized carbons (Fsp3) is 0.429. The third kappa shape index (κ3) is 4.37. The molecule has 0 aromatic heterocycles. The van der Waals surface area contributed by atoms with Gasteiger partial charge in [-0.2, -0.15) is 0 Å². The number of amides is 1. The second kappa shape index (κ2) is 7.53. The lowest BCUT2D eigenvalue weighted by atomic mass is 10.1. The Labute approximate surface area is 113 Å². The number of rotatable bonds is 6. The zero-order valence-electron chi connectivity index (χ0n) is 11.5. The van der Waals surface area contributed by atoms with Crippen molar-refractivity contribution in [1.82, 2.24) is 4.90 Å². The Morgan fingerprint density at radius 2 is 1.89 bits per heavy atom. The molecule has 1 rings (SSSR count). The molecular formula is C14H19NO4. The van der Waals surface area contributed by atoms with Crippen LogP contribution >= 0.6 is 0 Å². The molecule has 0 bridgehead atoms. The minimum atomic E-state index is -0.448. The van der Waals surface area contributed by atoms with Crippen molar-refractivity contribution in [2.24, 2.45) is 0 Å². The van der Waals surface area contributed by atoms with Crippen LogP contribution in [0.4, 0.5) is 0 Å². The van der Waals surface area contributed by atoms with Gasteiger partial charge in [-0.25, -0.2) is 4.79 Å². The highest BCUT2D eigenvalue weighted by Crippen LogP contribution is 2.09. The van der Waals surface area contributed by atoms with Crippen LogP contribution in [0.15, 0.2) is 24.3 Å². The van der Waals surface area contributed by atoms with Gasteiger partial charge < -0.3 is 14.4 Å². The summed E-state index contributed by atoms with van der Waals surface area (Å²) in [6.07, 6.45) is 0.773. The SMILES string of the molecule is COCCCN(C)C(=O)c1cccc(C(=O)OC)c1. The van der Waals surface area contributed by atoms with Crippen molar-refractivity contribution < 1.29 is 19.1 Å². The van der Waals surface area contributed by atoms with E-state index in [4.69, 9.17) is 4.74 Å². The first-order valence-corrected chi connectivity index (χ1v) is 6.03. The van der Waals surface area contributed by atoms with Crippen LogP contribution in [-0.4, -0.2) is 51.2 Å². The summed E-state index contributed by atoms with van der Waals surface area (Å²) in [6.45, 7) is 1.22. The fourth-order valence-electron chi connectivity index (χ4n) is 1.67. The van der Waals surface area contributed by atoms with Crippen LogP contribution in [0.3, 0.4) is 0 Å². The maximum Gasteiger partial charge on any atom is 0.337 e. The predicted molar refractivity (Wildman–Crippen MR) is 71.2 cm³/mol. The number of nitrogens with zero attached hydrogens (tertiary/aromatic N) is 1. The molecule has 0 unspecified atom stereocenters. The van der Waals surface area contributed by atoms with Gasteiger partial charge in [-0.3, -0.25) is 4.79 Å². The van der Waals surface area contributed by atoms with E-state index in [9.17, 15) is 9.59 Å². The molecule has 0 spiro atoms. The number of hydrogen-bond donors (Lipinski definition) is 0. The van der Waals surface area contributed by atoms with Crippen LogP contribution in [0.2, 0.25) is 0 Å². The molecule has 5 nitrogen and oxygen atoms in total. The standard InChI is InChI=1S/C14H19NO4/c1-15(8-5-9-18-2)13(16)11-6-4-7-12(10-11)14(17)19-3/h4,6-7,10H,5,8-9H2,1-3H3. The number of esters is 1. The maximum absolute atomic E-state index is 12.1. The Morgan fingerprint density at radius 1 is 1.21 bits per heavy atom. The lowest BCUT2D eigenvalue weighted by Crippen LogP contribution is -2.28. The van der Waals surface area contributed by atoms with Gasteiger partial charge in [0.1, 0.15) is 0 Å². The highest BCUT2D eigenvalue weighted by molar-refractivity contribution is 5.97. The van der Waals surface area contributed by atoms with Crippen LogP contribution in [0.5, 0.6) is 0 Å². The van der Waals surface area contributed by atoms with E-state index < -0.39 is 5.97 Å². The first-order chi connectivity index (χ1) is 9.10. The summed E-state index contributed by atoms with van der Waals surface area (Å²) in [7, 11) is 4.66. The second-order valence-electron chi connectivity index (χ2n) is 4.15. The first kappa shape index (κ1) is 15.2. The summed E-state index contributed by atoms with van der Waals surface area (Å²) in [4.78, 5) is 25.1. The molecule has 0 aliphatic rings. The second-order valence-corrected chi connectivity index (χ2v) is 4.15. The smallest absolute Gasteiger partial charge is 0.337 e. The molecule has 0 atom stereocenters. The Hall–Kier alpha value is -1.88. The van der Waals surface area contributed by atoms with Crippen molar-refractivity contribution in [2.45, 2.75) is 6.42 Å². The van der Waals surface area contributed by atoms with E-state index in [0.29, 0.717) is 24.3 Å². The Kier molecular flexibility index (Phi) is 6.02. The Balaban J connectivity index is 2.73. The van der Waals surface area contributed by atoms with Gasteiger partial charge in [-0.1, -0.05) is 6.07 Å². The topological polar surface area (TPSA) is 55.8 Å². The highest BCUT2D eigenvalue weighted by atomic mass is 16.5. The quantitative estimate of drug-likeness (QED) is 0.579. The van der Waals surface area contributed by atoms with Crippen molar-refractivity contribution in [3.63, 3.8) is 0 Å². The van der Waals surface area contributed by atoms with E-state index in [-0.39, 0.29) is 5.91 Å². The first-order valence-electron chi connectivity index (χ1n) is 6.03. The number of carbonyl (C=O) groups is 2. The predicted octanol–water partition coefficient (Wildman–Crippen LogP) is 1.58. The van der Waals surface area contributed by atoms with Crippen molar-refractivity contribution in [3.05, 3.63) is 35.4 Å². The Bertz CT molecular complexity index is 445. The van der Waals surface area contributed by atoms with Gasteiger partial charge in [-0.15, -0.1) is 0 Å². The molecule has 0 aliphatic carbocycles. The van der Waals surface area contributed by atoms with Gasteiger partial charge in [0.15, 0.2) is 0 Å². The number of benzene rings is 1. The molecule has 0 fully saturated rings. The molecule has 1 amide bonds. The van der Waals surface area contributed by atoms with Gasteiger partial charge in [0.05, 0.1) is 12.7 Å². The molecule has 1 aromatic carbocycles. The zero-order chi connectivity index (χ0) is 14.3. The minimum Gasteiger partial charge on any atom is -0.465 e. The van der Waals surface area contributed by atoms with Gasteiger partial charge in [0.25, 0.3) is 5.91 Å². The minimum absolute atomic E-state index is 0.123. The normalized spacial score (nSPS) is 10.1. The Morgan fingerprint density at radius 3 is 2.53 bits per heavy atom. The lowest BCUT2D eigenvalue weighted by Gasteiger charge is -2.17. The lowest BCUT2D eigenvalue weighted by molar-refractivity contribution is 0.0600. The van der Waals surface area contributed by atoms with E-state index in [1.54, 1.807) is 43.3 Å². The number of carbonyl (C=O) groups excluding carboxylic acids is 2. The summed E-state index contributed by atoms with van der Waals surface area (Å²) in [5, 5.41) is 0. The summed E-state index contributed by atoms with van der Waals surface area (Å²) in [5.74, 6) is -0.571. The summed E-state index contributed by atoms with van der Waals surface area (Å²) in [6, 6.07) is 6.51. The highest BCUT2D eigenvalue weighted by Gasteiger charge is 2.13. The number of ether oxygens (including phenoxy) is 2. The molecule has 1 aromatic rings. The van der Waals surface area contributed by atoms with E-state index in [2.05, 4.69) is 4.74 Å². The molecule has 5 heteroatoms. The van der Waals surface area contributed by atoms with Crippen molar-refractivity contribution in [2.75, 3.05) is 34.4 Å². The van der Waals surface area contributed by atoms with Crippen LogP contribution in [0, 0.1) is 0 Å². The monoisotopic (exact) mass is 265 g/mol. The third-order valence-corrected chi connectivity index (χ3v) is 2.72. The van der Waals surface area contributed by atoms with Crippen molar-refractivity contribution >= 4 is 11.9 Å². The maximum atomic E-state index is 12.1. The molecular weight excluding hydrogens is 246 g/mol. The largest absolute Gasteiger partial charge is 0.465 e. The molecule has 0 radical (unpaired) electrons. The number of methoxy groups -OCH3 is 2. The van der Waals surface area contributed by atoms with Gasteiger partial charge in [-0.05, 0) is 24.6 Å². The van der Waals surface area contributed by atoms with Crippen LogP contribution in [0.1, 0.15) is 27.1 Å². The average molecular weight is 265 g/mol. The summed E-state index contributed by atoms with van der Waals surface area (Å²) in [5.41, 5.74) is 0.849. The van der Waals surface area contributed by atoms with E-state index >= 15 is 0 Å². The number of hydrogen-bond acceptors (Lipinski definition) is 4. The third-order valence-electron chi connectivity index (χ3n) is 2.72. The molecule has 0 saturated heterocycles. The fourth-order valence-corrected chi connectivity index (χ4v) is 1.67. The van der Waals surface area contributed by atoms with Crippen LogP contribution in [0.25, 0.3) is 0 Å². The van der Waals surface area contributed by atoms with Crippen LogP contribution in [-0.2, 0) is 9.47 Å². The molecule has 0 N–H and O–H groups in total. The van der Waals surface area contributed by atoms with E-state index in [0.717, 1.165) is 6.42 Å². The van der Waals surface area contributed by atoms with E-state index in [1.165, 1.54) is 7.11 Å². The molecule has 104 valence electrons. The average Bonchev–Trinajstić information content (AvgIpc) is 2.45. The molecule has 19 heavy (non-hydrogen) atoms. The van der Waals surface area contributed by atoms with Gasteiger partial charge in [0, 0.05) is 32.9 Å². The van der Waals surface area contributed by atoms with Crippen molar-refractivity contribution in [3.8, 4) is 0 Å².